The highest BCUT2D eigenvalue weighted by Gasteiger charge is 2.29. The Hall–Kier alpha value is -1.10. The van der Waals surface area contributed by atoms with E-state index in [-0.39, 0.29) is 11.8 Å². The van der Waals surface area contributed by atoms with Gasteiger partial charge in [0.25, 0.3) is 0 Å². The van der Waals surface area contributed by atoms with Crippen LogP contribution in [0.2, 0.25) is 0 Å². The Labute approximate surface area is 133 Å². The standard InChI is InChI=1S/C17H29N3O2/c21-16(19-8-4-5-9-19)14-18-10-12-20(13-11-18)17(22)15-6-2-1-3-7-15/h15H,1-14H2. The molecule has 3 rings (SSSR count). The fraction of sp³-hybridized carbons (Fsp3) is 0.882. The molecule has 5 heteroatoms. The number of hydrogen-bond acceptors (Lipinski definition) is 3. The zero-order chi connectivity index (χ0) is 15.4. The molecule has 0 atom stereocenters. The molecule has 2 heterocycles. The Morgan fingerprint density at radius 3 is 2.00 bits per heavy atom. The van der Waals surface area contributed by atoms with Crippen molar-refractivity contribution in [2.45, 2.75) is 44.9 Å². The Balaban J connectivity index is 1.41. The molecular formula is C17H29N3O2. The molecule has 1 aliphatic carbocycles. The molecule has 2 amide bonds. The van der Waals surface area contributed by atoms with E-state index in [0.29, 0.717) is 12.5 Å². The van der Waals surface area contributed by atoms with E-state index in [1.165, 1.54) is 19.3 Å². The summed E-state index contributed by atoms with van der Waals surface area (Å²) < 4.78 is 0. The van der Waals surface area contributed by atoms with Crippen LogP contribution in [0.1, 0.15) is 44.9 Å². The monoisotopic (exact) mass is 307 g/mol. The average Bonchev–Trinajstić information content (AvgIpc) is 3.10. The number of carbonyl (C=O) groups excluding carboxylic acids is 2. The molecule has 2 saturated heterocycles. The van der Waals surface area contributed by atoms with Crippen molar-refractivity contribution in [3.63, 3.8) is 0 Å². The molecular weight excluding hydrogens is 278 g/mol. The summed E-state index contributed by atoms with van der Waals surface area (Å²) in [6, 6.07) is 0. The number of likely N-dealkylation sites (tertiary alicyclic amines) is 1. The van der Waals surface area contributed by atoms with Crippen LogP contribution in [0.25, 0.3) is 0 Å². The van der Waals surface area contributed by atoms with Crippen LogP contribution >= 0.6 is 0 Å². The molecule has 0 aromatic carbocycles. The van der Waals surface area contributed by atoms with Crippen molar-refractivity contribution in [2.24, 2.45) is 5.92 Å². The van der Waals surface area contributed by atoms with Gasteiger partial charge in [-0.2, -0.15) is 0 Å². The maximum absolute atomic E-state index is 12.5. The zero-order valence-corrected chi connectivity index (χ0v) is 13.6. The Kier molecular flexibility index (Phi) is 5.34. The number of hydrogen-bond donors (Lipinski definition) is 0. The minimum atomic E-state index is 0.268. The summed E-state index contributed by atoms with van der Waals surface area (Å²) in [6.07, 6.45) is 8.15. The number of rotatable bonds is 3. The van der Waals surface area contributed by atoms with E-state index >= 15 is 0 Å². The van der Waals surface area contributed by atoms with E-state index in [4.69, 9.17) is 0 Å². The first kappa shape index (κ1) is 15.8. The van der Waals surface area contributed by atoms with Crippen LogP contribution in [0.3, 0.4) is 0 Å². The van der Waals surface area contributed by atoms with Crippen LogP contribution in [-0.4, -0.2) is 72.3 Å². The Morgan fingerprint density at radius 1 is 0.727 bits per heavy atom. The van der Waals surface area contributed by atoms with Crippen LogP contribution < -0.4 is 0 Å². The SMILES string of the molecule is O=C(CN1CCN(C(=O)C2CCCCC2)CC1)N1CCCC1. The summed E-state index contributed by atoms with van der Waals surface area (Å²) in [6.45, 7) is 5.67. The van der Waals surface area contributed by atoms with Crippen LogP contribution in [0, 0.1) is 5.92 Å². The smallest absolute Gasteiger partial charge is 0.236 e. The number of nitrogens with zero attached hydrogens (tertiary/aromatic N) is 3. The van der Waals surface area contributed by atoms with Gasteiger partial charge in [0.15, 0.2) is 0 Å². The van der Waals surface area contributed by atoms with Crippen LogP contribution in [-0.2, 0) is 9.59 Å². The van der Waals surface area contributed by atoms with Crippen molar-refractivity contribution < 1.29 is 9.59 Å². The largest absolute Gasteiger partial charge is 0.342 e. The van der Waals surface area contributed by atoms with E-state index < -0.39 is 0 Å². The summed E-state index contributed by atoms with van der Waals surface area (Å²) in [5, 5.41) is 0. The first-order chi connectivity index (χ1) is 10.7. The second-order valence-electron chi connectivity index (χ2n) is 7.02. The lowest BCUT2D eigenvalue weighted by Gasteiger charge is -2.37. The van der Waals surface area contributed by atoms with Gasteiger partial charge < -0.3 is 9.80 Å². The van der Waals surface area contributed by atoms with Crippen molar-refractivity contribution in [3.05, 3.63) is 0 Å². The third-order valence-corrected chi connectivity index (χ3v) is 5.46. The third kappa shape index (κ3) is 3.80. The van der Waals surface area contributed by atoms with Gasteiger partial charge in [0.05, 0.1) is 6.54 Å². The van der Waals surface area contributed by atoms with Gasteiger partial charge in [0, 0.05) is 45.2 Å². The minimum absolute atomic E-state index is 0.268. The van der Waals surface area contributed by atoms with Crippen LogP contribution in [0.15, 0.2) is 0 Å². The normalized spacial score (nSPS) is 24.7. The lowest BCUT2D eigenvalue weighted by atomic mass is 9.88. The molecule has 0 aromatic heterocycles. The quantitative estimate of drug-likeness (QED) is 0.790. The molecule has 0 spiro atoms. The molecule has 2 aliphatic heterocycles. The van der Waals surface area contributed by atoms with Gasteiger partial charge in [0.1, 0.15) is 0 Å². The van der Waals surface area contributed by atoms with E-state index in [1.807, 2.05) is 9.80 Å². The van der Waals surface area contributed by atoms with E-state index in [1.54, 1.807) is 0 Å². The fourth-order valence-corrected chi connectivity index (χ4v) is 3.99. The second-order valence-corrected chi connectivity index (χ2v) is 7.02. The molecule has 5 nitrogen and oxygen atoms in total. The van der Waals surface area contributed by atoms with E-state index in [9.17, 15) is 9.59 Å². The molecule has 0 bridgehead atoms. The van der Waals surface area contributed by atoms with Gasteiger partial charge in [-0.1, -0.05) is 19.3 Å². The van der Waals surface area contributed by atoms with Crippen molar-refractivity contribution in [3.8, 4) is 0 Å². The molecule has 0 radical (unpaired) electrons. The van der Waals surface area contributed by atoms with Crippen molar-refractivity contribution in [1.29, 1.82) is 0 Å². The molecule has 0 unspecified atom stereocenters. The van der Waals surface area contributed by atoms with Crippen LogP contribution in [0.4, 0.5) is 0 Å². The van der Waals surface area contributed by atoms with Gasteiger partial charge in [-0.25, -0.2) is 0 Å². The number of piperazine rings is 1. The Morgan fingerprint density at radius 2 is 1.36 bits per heavy atom. The minimum Gasteiger partial charge on any atom is -0.342 e. The highest BCUT2D eigenvalue weighted by Crippen LogP contribution is 2.25. The molecule has 3 aliphatic rings. The first-order valence-corrected chi connectivity index (χ1v) is 9.03. The molecule has 0 aromatic rings. The topological polar surface area (TPSA) is 43.9 Å². The summed E-state index contributed by atoms with van der Waals surface area (Å²) in [4.78, 5) is 30.9. The van der Waals surface area contributed by atoms with Gasteiger partial charge in [-0.3, -0.25) is 14.5 Å². The van der Waals surface area contributed by atoms with Crippen molar-refractivity contribution >= 4 is 11.8 Å². The Bertz CT molecular complexity index is 393. The second kappa shape index (κ2) is 7.44. The molecule has 124 valence electrons. The fourth-order valence-electron chi connectivity index (χ4n) is 3.99. The lowest BCUT2D eigenvalue weighted by molar-refractivity contribution is -0.139. The lowest BCUT2D eigenvalue weighted by Crippen LogP contribution is -2.52. The highest BCUT2D eigenvalue weighted by molar-refractivity contribution is 5.79. The third-order valence-electron chi connectivity index (χ3n) is 5.46. The zero-order valence-electron chi connectivity index (χ0n) is 13.6. The number of carbonyl (C=O) groups is 2. The maximum Gasteiger partial charge on any atom is 0.236 e. The van der Waals surface area contributed by atoms with Crippen LogP contribution in [0.5, 0.6) is 0 Å². The van der Waals surface area contributed by atoms with Gasteiger partial charge >= 0.3 is 0 Å². The van der Waals surface area contributed by atoms with E-state index in [0.717, 1.165) is 65.0 Å². The van der Waals surface area contributed by atoms with Crippen molar-refractivity contribution in [2.75, 3.05) is 45.8 Å². The molecule has 1 saturated carbocycles. The van der Waals surface area contributed by atoms with E-state index in [2.05, 4.69) is 4.90 Å². The average molecular weight is 307 g/mol. The number of amides is 2. The molecule has 0 N–H and O–H groups in total. The molecule has 3 fully saturated rings. The maximum atomic E-state index is 12.5. The predicted octanol–water partition coefficient (Wildman–Crippen LogP) is 1.33. The summed E-state index contributed by atoms with van der Waals surface area (Å²) >= 11 is 0. The summed E-state index contributed by atoms with van der Waals surface area (Å²) in [5.74, 6) is 0.904. The first-order valence-electron chi connectivity index (χ1n) is 9.03. The summed E-state index contributed by atoms with van der Waals surface area (Å²) in [5.41, 5.74) is 0. The predicted molar refractivity (Wildman–Crippen MR) is 85.4 cm³/mol. The van der Waals surface area contributed by atoms with Gasteiger partial charge in [-0.15, -0.1) is 0 Å². The highest BCUT2D eigenvalue weighted by atomic mass is 16.2. The molecule has 22 heavy (non-hydrogen) atoms. The van der Waals surface area contributed by atoms with Gasteiger partial charge in [0.2, 0.25) is 11.8 Å². The van der Waals surface area contributed by atoms with Gasteiger partial charge in [-0.05, 0) is 25.7 Å². The van der Waals surface area contributed by atoms with Crippen molar-refractivity contribution in [1.82, 2.24) is 14.7 Å². The summed E-state index contributed by atoms with van der Waals surface area (Å²) in [7, 11) is 0.